The predicted molar refractivity (Wildman–Crippen MR) is 117 cm³/mol. The second kappa shape index (κ2) is 9.52. The molecule has 158 valence electrons. The number of halogens is 1. The van der Waals surface area contributed by atoms with Crippen LogP contribution in [0.2, 0.25) is 5.02 Å². The van der Waals surface area contributed by atoms with E-state index in [9.17, 15) is 9.59 Å². The van der Waals surface area contributed by atoms with Crippen LogP contribution in [0, 0.1) is 5.92 Å². The third-order valence-corrected chi connectivity index (χ3v) is 6.15. The van der Waals surface area contributed by atoms with Crippen molar-refractivity contribution in [2.24, 2.45) is 5.92 Å². The SMILES string of the molecule is O=C(NC1CC1)c1ccc(OCC2CCN(C(=O)Cc3ccccc3Cl)CC2)cc1. The number of amides is 2. The molecule has 30 heavy (non-hydrogen) atoms. The van der Waals surface area contributed by atoms with Crippen molar-refractivity contribution >= 4 is 23.4 Å². The molecule has 6 heteroatoms. The van der Waals surface area contributed by atoms with E-state index in [2.05, 4.69) is 5.32 Å². The summed E-state index contributed by atoms with van der Waals surface area (Å²) in [6, 6.07) is 15.2. The van der Waals surface area contributed by atoms with E-state index in [4.69, 9.17) is 16.3 Å². The van der Waals surface area contributed by atoms with Gasteiger partial charge in [-0.2, -0.15) is 0 Å². The van der Waals surface area contributed by atoms with Gasteiger partial charge in [0.2, 0.25) is 5.91 Å². The third kappa shape index (κ3) is 5.54. The lowest BCUT2D eigenvalue weighted by atomic mass is 9.97. The van der Waals surface area contributed by atoms with Gasteiger partial charge >= 0.3 is 0 Å². The summed E-state index contributed by atoms with van der Waals surface area (Å²) in [6.07, 6.45) is 4.36. The average Bonchev–Trinajstić information content (AvgIpc) is 3.58. The van der Waals surface area contributed by atoms with Gasteiger partial charge in [0.1, 0.15) is 5.75 Å². The van der Waals surface area contributed by atoms with Gasteiger partial charge in [-0.1, -0.05) is 29.8 Å². The van der Waals surface area contributed by atoms with Crippen molar-refractivity contribution in [3.8, 4) is 5.75 Å². The molecule has 0 bridgehead atoms. The van der Waals surface area contributed by atoms with Crippen molar-refractivity contribution in [3.05, 3.63) is 64.7 Å². The van der Waals surface area contributed by atoms with Crippen LogP contribution >= 0.6 is 11.6 Å². The first kappa shape index (κ1) is 20.7. The molecular weight excluding hydrogens is 400 g/mol. The van der Waals surface area contributed by atoms with Crippen LogP contribution in [0.25, 0.3) is 0 Å². The quantitative estimate of drug-likeness (QED) is 0.725. The van der Waals surface area contributed by atoms with Crippen LogP contribution in [-0.2, 0) is 11.2 Å². The van der Waals surface area contributed by atoms with E-state index in [1.165, 1.54) is 0 Å². The Morgan fingerprint density at radius 3 is 2.37 bits per heavy atom. The standard InChI is InChI=1S/C24H27ClN2O3/c25-22-4-2-1-3-19(22)15-23(28)27-13-11-17(12-14-27)16-30-21-9-5-18(6-10-21)24(29)26-20-7-8-20/h1-6,9-10,17,20H,7-8,11-16H2,(H,26,29). The van der Waals surface area contributed by atoms with Crippen molar-refractivity contribution in [3.63, 3.8) is 0 Å². The number of ether oxygens (including phenoxy) is 1. The van der Waals surface area contributed by atoms with Crippen molar-refractivity contribution in [2.75, 3.05) is 19.7 Å². The Morgan fingerprint density at radius 1 is 1.00 bits per heavy atom. The molecule has 0 spiro atoms. The van der Waals surface area contributed by atoms with Crippen LogP contribution in [-0.4, -0.2) is 42.5 Å². The third-order valence-electron chi connectivity index (χ3n) is 5.78. The molecule has 2 aromatic carbocycles. The van der Waals surface area contributed by atoms with Crippen LogP contribution in [0.5, 0.6) is 5.75 Å². The van der Waals surface area contributed by atoms with E-state index in [1.807, 2.05) is 53.4 Å². The smallest absolute Gasteiger partial charge is 0.251 e. The van der Waals surface area contributed by atoms with Crippen molar-refractivity contribution in [1.82, 2.24) is 10.2 Å². The van der Waals surface area contributed by atoms with E-state index in [0.717, 1.165) is 50.1 Å². The number of likely N-dealkylation sites (tertiary alicyclic amines) is 1. The Morgan fingerprint density at radius 2 is 1.70 bits per heavy atom. The van der Waals surface area contributed by atoms with E-state index in [1.54, 1.807) is 0 Å². The maximum atomic E-state index is 12.6. The van der Waals surface area contributed by atoms with Gasteiger partial charge in [0.15, 0.2) is 0 Å². The Kier molecular flexibility index (Phi) is 6.58. The number of nitrogens with zero attached hydrogens (tertiary/aromatic N) is 1. The molecule has 0 atom stereocenters. The predicted octanol–water partition coefficient (Wildman–Crippen LogP) is 4.09. The van der Waals surface area contributed by atoms with E-state index in [-0.39, 0.29) is 11.8 Å². The molecule has 1 heterocycles. The molecule has 2 amide bonds. The minimum atomic E-state index is -0.0159. The van der Waals surface area contributed by atoms with E-state index >= 15 is 0 Å². The number of hydrogen-bond donors (Lipinski definition) is 1. The second-order valence-electron chi connectivity index (χ2n) is 8.18. The van der Waals surface area contributed by atoms with Gasteiger partial charge in [0.25, 0.3) is 5.91 Å². The van der Waals surface area contributed by atoms with Gasteiger partial charge in [0.05, 0.1) is 13.0 Å². The van der Waals surface area contributed by atoms with Crippen LogP contribution in [0.1, 0.15) is 41.6 Å². The number of piperidine rings is 1. The van der Waals surface area contributed by atoms with Crippen molar-refractivity contribution in [1.29, 1.82) is 0 Å². The van der Waals surface area contributed by atoms with Crippen LogP contribution in [0.15, 0.2) is 48.5 Å². The zero-order valence-corrected chi connectivity index (χ0v) is 17.7. The summed E-state index contributed by atoms with van der Waals surface area (Å²) in [4.78, 5) is 26.5. The van der Waals surface area contributed by atoms with Crippen molar-refractivity contribution in [2.45, 2.75) is 38.1 Å². The zero-order valence-electron chi connectivity index (χ0n) is 17.0. The summed E-state index contributed by atoms with van der Waals surface area (Å²) in [6.45, 7) is 2.12. The molecule has 0 unspecified atom stereocenters. The minimum Gasteiger partial charge on any atom is -0.493 e. The molecule has 1 saturated carbocycles. The zero-order chi connectivity index (χ0) is 20.9. The normalized spacial score (nSPS) is 16.9. The monoisotopic (exact) mass is 426 g/mol. The lowest BCUT2D eigenvalue weighted by molar-refractivity contribution is -0.132. The maximum Gasteiger partial charge on any atom is 0.251 e. The van der Waals surface area contributed by atoms with Gasteiger partial charge in [-0.15, -0.1) is 0 Å². The summed E-state index contributed by atoms with van der Waals surface area (Å²) >= 11 is 6.17. The van der Waals surface area contributed by atoms with Crippen LogP contribution in [0.3, 0.4) is 0 Å². The first-order chi connectivity index (χ1) is 14.6. The fourth-order valence-electron chi connectivity index (χ4n) is 3.68. The first-order valence-corrected chi connectivity index (χ1v) is 11.0. The average molecular weight is 427 g/mol. The minimum absolute atomic E-state index is 0.0159. The molecule has 1 aliphatic carbocycles. The molecule has 2 fully saturated rings. The molecule has 1 N–H and O–H groups in total. The molecule has 4 rings (SSSR count). The molecule has 2 aliphatic rings. The molecule has 1 saturated heterocycles. The summed E-state index contributed by atoms with van der Waals surface area (Å²) in [7, 11) is 0. The molecule has 2 aromatic rings. The van der Waals surface area contributed by atoms with E-state index < -0.39 is 0 Å². The second-order valence-corrected chi connectivity index (χ2v) is 8.58. The number of rotatable bonds is 7. The number of benzene rings is 2. The number of nitrogens with one attached hydrogen (secondary N) is 1. The molecule has 5 nitrogen and oxygen atoms in total. The van der Waals surface area contributed by atoms with Gasteiger partial charge in [-0.25, -0.2) is 0 Å². The fourth-order valence-corrected chi connectivity index (χ4v) is 3.88. The topological polar surface area (TPSA) is 58.6 Å². The molecular formula is C24H27ClN2O3. The van der Waals surface area contributed by atoms with Gasteiger partial charge < -0.3 is 15.0 Å². The molecule has 0 aromatic heterocycles. The maximum absolute atomic E-state index is 12.6. The van der Waals surface area contributed by atoms with Gasteiger partial charge in [-0.3, -0.25) is 9.59 Å². The highest BCUT2D eigenvalue weighted by Crippen LogP contribution is 2.23. The van der Waals surface area contributed by atoms with E-state index in [0.29, 0.717) is 35.6 Å². The Balaban J connectivity index is 1.20. The number of carbonyl (C=O) groups excluding carboxylic acids is 2. The summed E-state index contributed by atoms with van der Waals surface area (Å²) < 4.78 is 5.93. The molecule has 0 radical (unpaired) electrons. The summed E-state index contributed by atoms with van der Waals surface area (Å²) in [5.74, 6) is 1.31. The first-order valence-electron chi connectivity index (χ1n) is 10.6. The number of carbonyl (C=O) groups is 2. The molecule has 1 aliphatic heterocycles. The van der Waals surface area contributed by atoms with Gasteiger partial charge in [-0.05, 0) is 67.5 Å². The van der Waals surface area contributed by atoms with Crippen LogP contribution in [0.4, 0.5) is 0 Å². The Hall–Kier alpha value is -2.53. The summed E-state index contributed by atoms with van der Waals surface area (Å²) in [5.41, 5.74) is 1.54. The summed E-state index contributed by atoms with van der Waals surface area (Å²) in [5, 5.41) is 3.63. The lowest BCUT2D eigenvalue weighted by Gasteiger charge is -2.32. The fraction of sp³-hybridized carbons (Fsp3) is 0.417. The Bertz CT molecular complexity index is 888. The Labute approximate surface area is 182 Å². The largest absolute Gasteiger partial charge is 0.493 e. The van der Waals surface area contributed by atoms with Crippen molar-refractivity contribution < 1.29 is 14.3 Å². The van der Waals surface area contributed by atoms with Crippen LogP contribution < -0.4 is 10.1 Å². The van der Waals surface area contributed by atoms with Gasteiger partial charge in [0, 0.05) is 29.7 Å². The lowest BCUT2D eigenvalue weighted by Crippen LogP contribution is -2.40. The highest BCUT2D eigenvalue weighted by Gasteiger charge is 2.25. The highest BCUT2D eigenvalue weighted by molar-refractivity contribution is 6.31. The highest BCUT2D eigenvalue weighted by atomic mass is 35.5. The number of hydrogen-bond acceptors (Lipinski definition) is 3.